The van der Waals surface area contributed by atoms with Crippen LogP contribution in [0.1, 0.15) is 10.4 Å². The molecule has 132 valence electrons. The zero-order chi connectivity index (χ0) is 18.6. The number of carbonyl (C=O) groups excluding carboxylic acids is 1. The molecule has 0 aliphatic heterocycles. The second-order valence-electron chi connectivity index (χ2n) is 5.66. The average molecular weight is 366 g/mol. The molecule has 0 heterocycles. The molecule has 0 aliphatic carbocycles. The molecule has 0 bridgehead atoms. The van der Waals surface area contributed by atoms with Crippen LogP contribution in [0.3, 0.4) is 0 Å². The van der Waals surface area contributed by atoms with Crippen LogP contribution < -0.4 is 9.62 Å². The molecule has 1 N–H and O–H groups in total. The minimum atomic E-state index is -3.78. The monoisotopic (exact) mass is 366 g/mol. The smallest absolute Gasteiger partial charge is 0.261 e. The lowest BCUT2D eigenvalue weighted by Crippen LogP contribution is -2.27. The molecule has 0 unspecified atom stereocenters. The number of carbonyl (C=O) groups is 1. The number of para-hydroxylation sites is 2. The van der Waals surface area contributed by atoms with Gasteiger partial charge in [-0.1, -0.05) is 48.5 Å². The van der Waals surface area contributed by atoms with E-state index in [0.717, 1.165) is 5.69 Å². The van der Waals surface area contributed by atoms with Gasteiger partial charge in [-0.05, 0) is 36.4 Å². The summed E-state index contributed by atoms with van der Waals surface area (Å²) in [5.74, 6) is -0.303. The summed E-state index contributed by atoms with van der Waals surface area (Å²) in [6.45, 7) is 0. The Morgan fingerprint density at radius 3 is 2.00 bits per heavy atom. The Hall–Kier alpha value is -3.12. The number of amides is 1. The van der Waals surface area contributed by atoms with Crippen molar-refractivity contribution in [1.82, 2.24) is 0 Å². The second-order valence-corrected chi connectivity index (χ2v) is 7.35. The Bertz CT molecular complexity index is 1000. The van der Waals surface area contributed by atoms with Crippen molar-refractivity contribution in [1.29, 1.82) is 0 Å². The highest BCUT2D eigenvalue weighted by atomic mass is 32.2. The highest BCUT2D eigenvalue weighted by molar-refractivity contribution is 7.92. The Kier molecular flexibility index (Phi) is 5.04. The number of hydrogen-bond acceptors (Lipinski definition) is 3. The van der Waals surface area contributed by atoms with Gasteiger partial charge in [-0.25, -0.2) is 8.42 Å². The standard InChI is InChI=1S/C20H18N2O3S/c1-22(16-10-4-2-5-11-16)20(23)18-14-8-9-15-19(18)21-26(24,25)17-12-6-3-7-13-17/h2-15,21H,1H3. The number of rotatable bonds is 5. The van der Waals surface area contributed by atoms with Crippen LogP contribution in [0.15, 0.2) is 89.8 Å². The van der Waals surface area contributed by atoms with Crippen LogP contribution in [0.4, 0.5) is 11.4 Å². The quantitative estimate of drug-likeness (QED) is 0.748. The van der Waals surface area contributed by atoms with Gasteiger partial charge < -0.3 is 4.90 Å². The largest absolute Gasteiger partial charge is 0.311 e. The molecular weight excluding hydrogens is 348 g/mol. The molecule has 0 aromatic heterocycles. The van der Waals surface area contributed by atoms with Gasteiger partial charge in [-0.3, -0.25) is 9.52 Å². The number of sulfonamides is 1. The molecule has 1 amide bonds. The van der Waals surface area contributed by atoms with Crippen LogP contribution in [-0.2, 0) is 10.0 Å². The summed E-state index contributed by atoms with van der Waals surface area (Å²) in [6.07, 6.45) is 0. The predicted molar refractivity (Wildman–Crippen MR) is 103 cm³/mol. The van der Waals surface area contributed by atoms with E-state index in [-0.39, 0.29) is 22.1 Å². The predicted octanol–water partition coefficient (Wildman–Crippen LogP) is 3.76. The van der Waals surface area contributed by atoms with E-state index in [1.54, 1.807) is 49.5 Å². The summed E-state index contributed by atoms with van der Waals surface area (Å²) in [7, 11) is -2.13. The summed E-state index contributed by atoms with van der Waals surface area (Å²) in [4.78, 5) is 14.5. The van der Waals surface area contributed by atoms with E-state index < -0.39 is 10.0 Å². The Morgan fingerprint density at radius 1 is 0.808 bits per heavy atom. The Balaban J connectivity index is 1.93. The zero-order valence-corrected chi connectivity index (χ0v) is 15.0. The van der Waals surface area contributed by atoms with E-state index in [1.165, 1.54) is 17.0 Å². The topological polar surface area (TPSA) is 66.5 Å². The molecule has 3 aromatic rings. The van der Waals surface area contributed by atoms with Crippen molar-refractivity contribution in [3.63, 3.8) is 0 Å². The molecular formula is C20H18N2O3S. The molecule has 0 saturated heterocycles. The van der Waals surface area contributed by atoms with E-state index >= 15 is 0 Å². The van der Waals surface area contributed by atoms with E-state index in [9.17, 15) is 13.2 Å². The van der Waals surface area contributed by atoms with Gasteiger partial charge in [0.1, 0.15) is 0 Å². The molecule has 3 aromatic carbocycles. The Morgan fingerprint density at radius 2 is 1.35 bits per heavy atom. The first kappa shape index (κ1) is 17.7. The zero-order valence-electron chi connectivity index (χ0n) is 14.2. The van der Waals surface area contributed by atoms with Gasteiger partial charge in [0.2, 0.25) is 0 Å². The lowest BCUT2D eigenvalue weighted by atomic mass is 10.1. The lowest BCUT2D eigenvalue weighted by Gasteiger charge is -2.19. The first-order valence-corrected chi connectivity index (χ1v) is 9.47. The lowest BCUT2D eigenvalue weighted by molar-refractivity contribution is 0.0994. The van der Waals surface area contributed by atoms with E-state index in [1.807, 2.05) is 30.3 Å². The fourth-order valence-corrected chi connectivity index (χ4v) is 3.61. The van der Waals surface area contributed by atoms with Crippen molar-refractivity contribution in [2.24, 2.45) is 0 Å². The number of anilines is 2. The van der Waals surface area contributed by atoms with Gasteiger partial charge in [0.05, 0.1) is 16.1 Å². The summed E-state index contributed by atoms with van der Waals surface area (Å²) in [6, 6.07) is 23.8. The highest BCUT2D eigenvalue weighted by Gasteiger charge is 2.20. The maximum Gasteiger partial charge on any atom is 0.261 e. The molecule has 5 nitrogen and oxygen atoms in total. The molecule has 0 aliphatic rings. The van der Waals surface area contributed by atoms with Crippen molar-refractivity contribution in [2.75, 3.05) is 16.7 Å². The third-order valence-corrected chi connectivity index (χ3v) is 5.28. The number of benzene rings is 3. The highest BCUT2D eigenvalue weighted by Crippen LogP contribution is 2.23. The number of nitrogens with zero attached hydrogens (tertiary/aromatic N) is 1. The van der Waals surface area contributed by atoms with Gasteiger partial charge >= 0.3 is 0 Å². The SMILES string of the molecule is CN(C(=O)c1ccccc1NS(=O)(=O)c1ccccc1)c1ccccc1. The minimum Gasteiger partial charge on any atom is -0.311 e. The molecule has 0 atom stereocenters. The molecule has 0 fully saturated rings. The normalized spacial score (nSPS) is 11.0. The van der Waals surface area contributed by atoms with Crippen LogP contribution in [0.2, 0.25) is 0 Å². The van der Waals surface area contributed by atoms with Crippen LogP contribution in [0.5, 0.6) is 0 Å². The van der Waals surface area contributed by atoms with Crippen LogP contribution in [0, 0.1) is 0 Å². The maximum absolute atomic E-state index is 12.9. The first-order valence-electron chi connectivity index (χ1n) is 7.99. The molecule has 3 rings (SSSR count). The molecule has 0 spiro atoms. The van der Waals surface area contributed by atoms with Crippen LogP contribution in [0.25, 0.3) is 0 Å². The van der Waals surface area contributed by atoms with Gasteiger partial charge in [0, 0.05) is 12.7 Å². The summed E-state index contributed by atoms with van der Waals surface area (Å²) < 4.78 is 27.7. The third-order valence-electron chi connectivity index (χ3n) is 3.90. The van der Waals surface area contributed by atoms with E-state index in [2.05, 4.69) is 4.72 Å². The van der Waals surface area contributed by atoms with Crippen molar-refractivity contribution < 1.29 is 13.2 Å². The van der Waals surface area contributed by atoms with Crippen LogP contribution >= 0.6 is 0 Å². The summed E-state index contributed by atoms with van der Waals surface area (Å²) in [5, 5.41) is 0. The van der Waals surface area contributed by atoms with E-state index in [0.29, 0.717) is 0 Å². The summed E-state index contributed by atoms with van der Waals surface area (Å²) in [5.41, 5.74) is 1.24. The Labute approximate surface area is 153 Å². The number of hydrogen-bond donors (Lipinski definition) is 1. The first-order chi connectivity index (χ1) is 12.5. The fourth-order valence-electron chi connectivity index (χ4n) is 2.51. The van der Waals surface area contributed by atoms with Crippen molar-refractivity contribution in [2.45, 2.75) is 4.90 Å². The molecule has 26 heavy (non-hydrogen) atoms. The van der Waals surface area contributed by atoms with Crippen molar-refractivity contribution in [3.05, 3.63) is 90.5 Å². The average Bonchev–Trinajstić information content (AvgIpc) is 2.68. The van der Waals surface area contributed by atoms with E-state index in [4.69, 9.17) is 0 Å². The number of nitrogens with one attached hydrogen (secondary N) is 1. The minimum absolute atomic E-state index is 0.138. The van der Waals surface area contributed by atoms with Crippen LogP contribution in [-0.4, -0.2) is 21.4 Å². The van der Waals surface area contributed by atoms with Crippen molar-refractivity contribution >= 4 is 27.3 Å². The van der Waals surface area contributed by atoms with Crippen molar-refractivity contribution in [3.8, 4) is 0 Å². The maximum atomic E-state index is 12.9. The second kappa shape index (κ2) is 7.41. The van der Waals surface area contributed by atoms with Gasteiger partial charge in [-0.2, -0.15) is 0 Å². The molecule has 0 radical (unpaired) electrons. The van der Waals surface area contributed by atoms with Gasteiger partial charge in [0.15, 0.2) is 0 Å². The molecule has 6 heteroatoms. The van der Waals surface area contributed by atoms with Gasteiger partial charge in [0.25, 0.3) is 15.9 Å². The fraction of sp³-hybridized carbons (Fsp3) is 0.0500. The van der Waals surface area contributed by atoms with Gasteiger partial charge in [-0.15, -0.1) is 0 Å². The molecule has 0 saturated carbocycles. The summed E-state index contributed by atoms with van der Waals surface area (Å²) >= 11 is 0. The third kappa shape index (κ3) is 3.75.